The molecule has 3 rings (SSSR count). The van der Waals surface area contributed by atoms with E-state index in [1.54, 1.807) is 11.3 Å². The smallest absolute Gasteiger partial charge is 0.217 e. The molecule has 1 aliphatic heterocycles. The van der Waals surface area contributed by atoms with Gasteiger partial charge in [-0.25, -0.2) is 4.98 Å². The zero-order valence-corrected chi connectivity index (χ0v) is 18.2. The fourth-order valence-corrected chi connectivity index (χ4v) is 4.52. The molecule has 0 spiro atoms. The second-order valence-corrected chi connectivity index (χ2v) is 8.48. The number of nitrogens with two attached hydrogens (primary N) is 1. The molecule has 1 saturated heterocycles. The topological polar surface area (TPSA) is 83.6 Å². The number of carbonyl (C=O) groups excluding carboxylic acids is 1. The van der Waals surface area contributed by atoms with Gasteiger partial charge >= 0.3 is 0 Å². The van der Waals surface area contributed by atoms with E-state index in [-0.39, 0.29) is 5.91 Å². The average molecular weight is 414 g/mol. The third-order valence-electron chi connectivity index (χ3n) is 5.12. The number of aromatic nitrogens is 1. The minimum atomic E-state index is -0.216. The van der Waals surface area contributed by atoms with Crippen LogP contribution < -0.4 is 11.1 Å². The van der Waals surface area contributed by atoms with E-state index in [1.807, 2.05) is 0 Å². The zero-order valence-electron chi connectivity index (χ0n) is 17.4. The summed E-state index contributed by atoms with van der Waals surface area (Å²) in [5.74, 6) is 1.03. The minimum Gasteiger partial charge on any atom is -0.370 e. The summed E-state index contributed by atoms with van der Waals surface area (Å²) < 4.78 is 0. The fourth-order valence-electron chi connectivity index (χ4n) is 3.66. The van der Waals surface area contributed by atoms with E-state index in [9.17, 15) is 4.79 Å². The molecule has 1 atom stereocenters. The lowest BCUT2D eigenvalue weighted by Crippen LogP contribution is -2.47. The molecule has 1 aromatic heterocycles. The number of nitrogens with zero attached hydrogens (tertiary/aromatic N) is 3. The number of benzene rings is 1. The summed E-state index contributed by atoms with van der Waals surface area (Å²) >= 11 is 1.68. The molecule has 0 radical (unpaired) electrons. The quantitative estimate of drug-likeness (QED) is 0.539. The van der Waals surface area contributed by atoms with Crippen molar-refractivity contribution in [3.8, 4) is 10.6 Å². The van der Waals surface area contributed by atoms with Gasteiger partial charge in [-0.3, -0.25) is 9.79 Å². The first-order valence-electron chi connectivity index (χ1n) is 10.4. The maximum absolute atomic E-state index is 11.3. The van der Waals surface area contributed by atoms with Gasteiger partial charge in [0, 0.05) is 50.0 Å². The van der Waals surface area contributed by atoms with E-state index in [1.165, 1.54) is 5.56 Å². The van der Waals surface area contributed by atoms with Crippen LogP contribution >= 0.6 is 11.3 Å². The number of guanidine groups is 1. The molecule has 1 aliphatic rings. The molecule has 2 aromatic rings. The van der Waals surface area contributed by atoms with Crippen molar-refractivity contribution in [2.45, 2.75) is 39.5 Å². The number of primary amides is 1. The molecule has 0 bridgehead atoms. The van der Waals surface area contributed by atoms with Crippen LogP contribution in [0.5, 0.6) is 0 Å². The Morgan fingerprint density at radius 1 is 1.38 bits per heavy atom. The normalized spacial score (nSPS) is 17.4. The summed E-state index contributed by atoms with van der Waals surface area (Å²) in [7, 11) is 0. The predicted molar refractivity (Wildman–Crippen MR) is 120 cm³/mol. The van der Waals surface area contributed by atoms with Crippen LogP contribution in [0.15, 0.2) is 34.6 Å². The van der Waals surface area contributed by atoms with E-state index in [2.05, 4.69) is 53.7 Å². The Labute approximate surface area is 177 Å². The largest absolute Gasteiger partial charge is 0.370 e. The van der Waals surface area contributed by atoms with Crippen LogP contribution in [0.2, 0.25) is 0 Å². The van der Waals surface area contributed by atoms with Gasteiger partial charge in [-0.15, -0.1) is 11.3 Å². The molecular weight excluding hydrogens is 382 g/mol. The van der Waals surface area contributed by atoms with Crippen LogP contribution in [0.3, 0.4) is 0 Å². The molecule has 1 aromatic carbocycles. The lowest BCUT2D eigenvalue weighted by molar-refractivity contribution is -0.119. The third-order valence-corrected chi connectivity index (χ3v) is 6.06. The SMILES string of the molecule is CCNC(=NCCc1csc(-c2ccc(C)cc2)n1)N1CCCC(CC(N)=O)C1. The first-order valence-corrected chi connectivity index (χ1v) is 11.3. The number of nitrogens with one attached hydrogen (secondary N) is 1. The minimum absolute atomic E-state index is 0.216. The van der Waals surface area contributed by atoms with Crippen molar-refractivity contribution >= 4 is 23.2 Å². The number of hydrogen-bond acceptors (Lipinski definition) is 4. The van der Waals surface area contributed by atoms with Crippen molar-refractivity contribution in [3.63, 3.8) is 0 Å². The lowest BCUT2D eigenvalue weighted by atomic mass is 9.95. The molecule has 1 amide bonds. The highest BCUT2D eigenvalue weighted by Crippen LogP contribution is 2.24. The van der Waals surface area contributed by atoms with E-state index >= 15 is 0 Å². The van der Waals surface area contributed by atoms with Crippen LogP contribution in [0.25, 0.3) is 10.6 Å². The second-order valence-electron chi connectivity index (χ2n) is 7.62. The maximum Gasteiger partial charge on any atom is 0.217 e. The van der Waals surface area contributed by atoms with E-state index in [4.69, 9.17) is 15.7 Å². The average Bonchev–Trinajstić information content (AvgIpc) is 3.16. The van der Waals surface area contributed by atoms with Gasteiger partial charge in [0.05, 0.1) is 5.69 Å². The summed E-state index contributed by atoms with van der Waals surface area (Å²) in [5, 5.41) is 6.57. The predicted octanol–water partition coefficient (Wildman–Crippen LogP) is 3.21. The molecule has 156 valence electrons. The summed E-state index contributed by atoms with van der Waals surface area (Å²) in [4.78, 5) is 23.1. The summed E-state index contributed by atoms with van der Waals surface area (Å²) in [5.41, 5.74) is 8.89. The van der Waals surface area contributed by atoms with Gasteiger partial charge in [0.15, 0.2) is 5.96 Å². The molecule has 6 nitrogen and oxygen atoms in total. The molecular formula is C22H31N5OS. The molecule has 7 heteroatoms. The number of amides is 1. The van der Waals surface area contributed by atoms with Crippen molar-refractivity contribution in [2.75, 3.05) is 26.2 Å². The highest BCUT2D eigenvalue weighted by molar-refractivity contribution is 7.13. The first-order chi connectivity index (χ1) is 14.0. The van der Waals surface area contributed by atoms with Crippen LogP contribution in [0.4, 0.5) is 0 Å². The number of aliphatic imine (C=N–C) groups is 1. The van der Waals surface area contributed by atoms with Gasteiger partial charge in [-0.05, 0) is 32.6 Å². The van der Waals surface area contributed by atoms with Crippen molar-refractivity contribution in [2.24, 2.45) is 16.6 Å². The van der Waals surface area contributed by atoms with Crippen LogP contribution in [0.1, 0.15) is 37.4 Å². The molecule has 2 heterocycles. The molecule has 29 heavy (non-hydrogen) atoms. The maximum atomic E-state index is 11.3. The van der Waals surface area contributed by atoms with Crippen molar-refractivity contribution in [1.29, 1.82) is 0 Å². The Morgan fingerprint density at radius 3 is 2.90 bits per heavy atom. The van der Waals surface area contributed by atoms with Gasteiger partial charge in [-0.1, -0.05) is 29.8 Å². The number of likely N-dealkylation sites (tertiary alicyclic amines) is 1. The summed E-state index contributed by atoms with van der Waals surface area (Å²) in [6.45, 7) is 7.49. The highest BCUT2D eigenvalue weighted by atomic mass is 32.1. The zero-order chi connectivity index (χ0) is 20.6. The first kappa shape index (κ1) is 21.3. The Morgan fingerprint density at radius 2 is 2.17 bits per heavy atom. The van der Waals surface area contributed by atoms with Gasteiger partial charge in [0.1, 0.15) is 5.01 Å². The van der Waals surface area contributed by atoms with E-state index in [0.717, 1.165) is 61.1 Å². The number of hydrogen-bond donors (Lipinski definition) is 2. The Kier molecular flexibility index (Phi) is 7.63. The molecule has 3 N–H and O–H groups in total. The van der Waals surface area contributed by atoms with Crippen LogP contribution in [-0.4, -0.2) is 47.9 Å². The molecule has 1 fully saturated rings. The molecule has 1 unspecified atom stereocenters. The fraction of sp³-hybridized carbons (Fsp3) is 0.500. The number of thiazole rings is 1. The van der Waals surface area contributed by atoms with Crippen LogP contribution in [-0.2, 0) is 11.2 Å². The second kappa shape index (κ2) is 10.4. The monoisotopic (exact) mass is 413 g/mol. The van der Waals surface area contributed by atoms with E-state index < -0.39 is 0 Å². The van der Waals surface area contributed by atoms with Gasteiger partial charge < -0.3 is 16.0 Å². The Balaban J connectivity index is 1.59. The number of piperidine rings is 1. The van der Waals surface area contributed by atoms with Crippen molar-refractivity contribution in [3.05, 3.63) is 40.9 Å². The number of aryl methyl sites for hydroxylation is 1. The number of carbonyl (C=O) groups is 1. The summed E-state index contributed by atoms with van der Waals surface area (Å²) in [6.07, 6.45) is 3.39. The van der Waals surface area contributed by atoms with Crippen molar-refractivity contribution in [1.82, 2.24) is 15.2 Å². The lowest BCUT2D eigenvalue weighted by Gasteiger charge is -2.34. The molecule has 0 aliphatic carbocycles. The number of rotatable bonds is 7. The summed E-state index contributed by atoms with van der Waals surface area (Å²) in [6, 6.07) is 8.48. The van der Waals surface area contributed by atoms with Crippen molar-refractivity contribution < 1.29 is 4.79 Å². The van der Waals surface area contributed by atoms with Gasteiger partial charge in [0.25, 0.3) is 0 Å². The van der Waals surface area contributed by atoms with Crippen LogP contribution in [0, 0.1) is 12.8 Å². The van der Waals surface area contributed by atoms with Gasteiger partial charge in [0.2, 0.25) is 5.91 Å². The Hall–Kier alpha value is -2.41. The Bertz CT molecular complexity index is 830. The highest BCUT2D eigenvalue weighted by Gasteiger charge is 2.23. The van der Waals surface area contributed by atoms with E-state index in [0.29, 0.717) is 18.9 Å². The standard InChI is InChI=1S/C22H31N5OS/c1-3-24-22(27-12-4-5-17(14-27)13-20(23)28)25-11-10-19-15-29-21(26-19)18-8-6-16(2)7-9-18/h6-9,15,17H,3-5,10-14H2,1-2H3,(H2,23,28)(H,24,25). The molecule has 0 saturated carbocycles. The van der Waals surface area contributed by atoms with Gasteiger partial charge in [-0.2, -0.15) is 0 Å². The third kappa shape index (κ3) is 6.29.